The van der Waals surface area contributed by atoms with Crippen molar-refractivity contribution in [1.82, 2.24) is 10.1 Å². The summed E-state index contributed by atoms with van der Waals surface area (Å²) in [5, 5.41) is 4.01. The molecule has 9 heteroatoms. The van der Waals surface area contributed by atoms with Crippen LogP contribution in [-0.4, -0.2) is 36.2 Å². The van der Waals surface area contributed by atoms with Gasteiger partial charge in [0.1, 0.15) is 11.4 Å². The first-order chi connectivity index (χ1) is 14.7. The molecule has 0 amide bonds. The fraction of sp³-hybridized carbons (Fsp3) is 0.318. The third-order valence-corrected chi connectivity index (χ3v) is 6.10. The van der Waals surface area contributed by atoms with Gasteiger partial charge in [0, 0.05) is 16.8 Å². The Morgan fingerprint density at radius 1 is 1.06 bits per heavy atom. The molecule has 3 aromatic rings. The molecule has 0 spiro atoms. The number of aromatic nitrogens is 2. The molecule has 0 saturated heterocycles. The van der Waals surface area contributed by atoms with Crippen LogP contribution in [0.3, 0.4) is 0 Å². The zero-order valence-corrected chi connectivity index (χ0v) is 18.3. The SMILES string of the molecule is CCC1(CC)CC(=O)c2cc(-c3nc(-c4ccc(NS(C)(=O)=O)cc4)no3)ccc2O1. The van der Waals surface area contributed by atoms with Gasteiger partial charge in [-0.05, 0) is 55.3 Å². The molecular weight excluding hydrogens is 418 g/mol. The topological polar surface area (TPSA) is 111 Å². The number of Topliss-reactive ketones (excluding diaryl/α,β-unsaturated/α-hetero) is 1. The maximum absolute atomic E-state index is 12.8. The van der Waals surface area contributed by atoms with Crippen molar-refractivity contribution in [3.05, 3.63) is 48.0 Å². The summed E-state index contributed by atoms with van der Waals surface area (Å²) in [6, 6.07) is 11.9. The maximum atomic E-state index is 12.8. The number of rotatable bonds is 6. The number of anilines is 1. The van der Waals surface area contributed by atoms with Crippen molar-refractivity contribution < 1.29 is 22.5 Å². The van der Waals surface area contributed by atoms with E-state index < -0.39 is 15.6 Å². The van der Waals surface area contributed by atoms with Crippen molar-refractivity contribution in [2.45, 2.75) is 38.7 Å². The van der Waals surface area contributed by atoms with Gasteiger partial charge in [-0.25, -0.2) is 8.42 Å². The van der Waals surface area contributed by atoms with Crippen molar-refractivity contribution >= 4 is 21.5 Å². The maximum Gasteiger partial charge on any atom is 0.258 e. The fourth-order valence-corrected chi connectivity index (χ4v) is 4.20. The van der Waals surface area contributed by atoms with Crippen LogP contribution in [0.5, 0.6) is 5.75 Å². The van der Waals surface area contributed by atoms with E-state index >= 15 is 0 Å². The Balaban J connectivity index is 1.59. The van der Waals surface area contributed by atoms with Gasteiger partial charge in [-0.15, -0.1) is 0 Å². The Kier molecular flexibility index (Phi) is 5.30. The molecule has 0 fully saturated rings. The highest BCUT2D eigenvalue weighted by atomic mass is 32.2. The molecule has 162 valence electrons. The number of nitrogens with zero attached hydrogens (tertiary/aromatic N) is 2. The number of nitrogens with one attached hydrogen (secondary N) is 1. The minimum absolute atomic E-state index is 0.0421. The number of sulfonamides is 1. The Labute approximate surface area is 180 Å². The molecule has 1 aliphatic rings. The summed E-state index contributed by atoms with van der Waals surface area (Å²) in [7, 11) is -3.35. The van der Waals surface area contributed by atoms with E-state index in [1.54, 1.807) is 42.5 Å². The van der Waals surface area contributed by atoms with E-state index in [4.69, 9.17) is 9.26 Å². The molecular formula is C22H23N3O5S. The van der Waals surface area contributed by atoms with Gasteiger partial charge in [-0.1, -0.05) is 19.0 Å². The normalized spacial score (nSPS) is 15.3. The first-order valence-electron chi connectivity index (χ1n) is 10.0. The average Bonchev–Trinajstić information content (AvgIpc) is 3.23. The molecule has 0 radical (unpaired) electrons. The van der Waals surface area contributed by atoms with E-state index in [1.807, 2.05) is 13.8 Å². The number of carbonyl (C=O) groups is 1. The van der Waals surface area contributed by atoms with Gasteiger partial charge >= 0.3 is 0 Å². The summed E-state index contributed by atoms with van der Waals surface area (Å²) in [5.74, 6) is 1.27. The van der Waals surface area contributed by atoms with Crippen molar-refractivity contribution in [3.63, 3.8) is 0 Å². The molecule has 0 unspecified atom stereocenters. The Morgan fingerprint density at radius 3 is 2.39 bits per heavy atom. The standard InChI is InChI=1S/C22H23N3O5S/c1-4-22(5-2)13-18(26)17-12-15(8-11-19(17)29-22)21-23-20(24-30-21)14-6-9-16(10-7-14)25-31(3,27)28/h6-12,25H,4-5,13H2,1-3H3. The van der Waals surface area contributed by atoms with Gasteiger partial charge in [0.05, 0.1) is 18.2 Å². The van der Waals surface area contributed by atoms with Crippen molar-refractivity contribution in [1.29, 1.82) is 0 Å². The van der Waals surface area contributed by atoms with Crippen LogP contribution in [0.1, 0.15) is 43.5 Å². The summed E-state index contributed by atoms with van der Waals surface area (Å²) >= 11 is 0. The minimum atomic E-state index is -3.35. The summed E-state index contributed by atoms with van der Waals surface area (Å²) in [6.07, 6.45) is 2.97. The quantitative estimate of drug-likeness (QED) is 0.607. The number of carbonyl (C=O) groups excluding carboxylic acids is 1. The third-order valence-electron chi connectivity index (χ3n) is 5.50. The van der Waals surface area contributed by atoms with E-state index in [2.05, 4.69) is 14.9 Å². The molecule has 1 N–H and O–H groups in total. The number of fused-ring (bicyclic) bond motifs is 1. The summed E-state index contributed by atoms with van der Waals surface area (Å²) in [6.45, 7) is 4.06. The first kappa shape index (κ1) is 21.0. The van der Waals surface area contributed by atoms with Crippen LogP contribution in [0.4, 0.5) is 5.69 Å². The van der Waals surface area contributed by atoms with Crippen LogP contribution in [0.25, 0.3) is 22.8 Å². The predicted octanol–water partition coefficient (Wildman–Crippen LogP) is 4.30. The molecule has 0 bridgehead atoms. The number of ether oxygens (including phenoxy) is 1. The zero-order chi connectivity index (χ0) is 22.2. The second-order valence-electron chi connectivity index (χ2n) is 7.68. The summed E-state index contributed by atoms with van der Waals surface area (Å²) < 4.78 is 36.6. The number of hydrogen-bond donors (Lipinski definition) is 1. The van der Waals surface area contributed by atoms with Gasteiger partial charge in [0.2, 0.25) is 15.8 Å². The van der Waals surface area contributed by atoms with Gasteiger partial charge in [-0.2, -0.15) is 4.98 Å². The average molecular weight is 442 g/mol. The molecule has 1 aliphatic heterocycles. The first-order valence-corrected chi connectivity index (χ1v) is 11.9. The molecule has 31 heavy (non-hydrogen) atoms. The van der Waals surface area contributed by atoms with E-state index in [-0.39, 0.29) is 11.7 Å². The highest BCUT2D eigenvalue weighted by Crippen LogP contribution is 2.39. The van der Waals surface area contributed by atoms with Crippen LogP contribution in [0, 0.1) is 0 Å². The Morgan fingerprint density at radius 2 is 1.74 bits per heavy atom. The van der Waals surface area contributed by atoms with Gasteiger partial charge in [0.15, 0.2) is 5.78 Å². The second kappa shape index (κ2) is 7.81. The zero-order valence-electron chi connectivity index (χ0n) is 17.5. The van der Waals surface area contributed by atoms with E-state index in [9.17, 15) is 13.2 Å². The molecule has 0 aliphatic carbocycles. The molecule has 8 nitrogen and oxygen atoms in total. The van der Waals surface area contributed by atoms with Crippen LogP contribution >= 0.6 is 0 Å². The second-order valence-corrected chi connectivity index (χ2v) is 9.43. The lowest BCUT2D eigenvalue weighted by atomic mass is 9.85. The Bertz CT molecular complexity index is 1230. The molecule has 0 atom stereocenters. The monoisotopic (exact) mass is 441 g/mol. The fourth-order valence-electron chi connectivity index (χ4n) is 3.63. The minimum Gasteiger partial charge on any atom is -0.486 e. The lowest BCUT2D eigenvalue weighted by Gasteiger charge is -2.36. The lowest BCUT2D eigenvalue weighted by molar-refractivity contribution is 0.0350. The largest absolute Gasteiger partial charge is 0.486 e. The van der Waals surface area contributed by atoms with Crippen LogP contribution in [0.2, 0.25) is 0 Å². The van der Waals surface area contributed by atoms with Crippen LogP contribution in [-0.2, 0) is 10.0 Å². The number of benzene rings is 2. The number of ketones is 1. The molecule has 4 rings (SSSR count). The number of hydrogen-bond acceptors (Lipinski definition) is 7. The van der Waals surface area contributed by atoms with E-state index in [1.165, 1.54) is 0 Å². The highest BCUT2D eigenvalue weighted by Gasteiger charge is 2.37. The van der Waals surface area contributed by atoms with Crippen molar-refractivity contribution in [2.24, 2.45) is 0 Å². The van der Waals surface area contributed by atoms with E-state index in [0.717, 1.165) is 19.1 Å². The Hall–Kier alpha value is -3.20. The van der Waals surface area contributed by atoms with Crippen molar-refractivity contribution in [2.75, 3.05) is 11.0 Å². The molecule has 2 aromatic carbocycles. The van der Waals surface area contributed by atoms with E-state index in [0.29, 0.717) is 40.4 Å². The van der Waals surface area contributed by atoms with Gasteiger partial charge in [0.25, 0.3) is 5.89 Å². The highest BCUT2D eigenvalue weighted by molar-refractivity contribution is 7.92. The molecule has 2 heterocycles. The molecule has 0 saturated carbocycles. The van der Waals surface area contributed by atoms with Crippen LogP contribution in [0.15, 0.2) is 47.0 Å². The molecule has 1 aromatic heterocycles. The lowest BCUT2D eigenvalue weighted by Crippen LogP contribution is -2.40. The summed E-state index contributed by atoms with van der Waals surface area (Å²) in [5.41, 5.74) is 1.82. The third kappa shape index (κ3) is 4.32. The predicted molar refractivity (Wildman–Crippen MR) is 117 cm³/mol. The van der Waals surface area contributed by atoms with Gasteiger partial charge in [-0.3, -0.25) is 9.52 Å². The smallest absolute Gasteiger partial charge is 0.258 e. The summed E-state index contributed by atoms with van der Waals surface area (Å²) in [4.78, 5) is 17.2. The van der Waals surface area contributed by atoms with Crippen molar-refractivity contribution in [3.8, 4) is 28.6 Å². The van der Waals surface area contributed by atoms with Crippen LogP contribution < -0.4 is 9.46 Å². The van der Waals surface area contributed by atoms with Gasteiger partial charge < -0.3 is 9.26 Å².